The second kappa shape index (κ2) is 6.98. The number of hydrogen-bond acceptors (Lipinski definition) is 2. The van der Waals surface area contributed by atoms with Gasteiger partial charge in [0.15, 0.2) is 0 Å². The number of halogens is 6. The predicted molar refractivity (Wildman–Crippen MR) is 73.1 cm³/mol. The number of rotatable bonds is 3. The normalized spacial score (nSPS) is 17.2. The van der Waals surface area contributed by atoms with Crippen molar-refractivity contribution in [1.82, 2.24) is 9.88 Å². The van der Waals surface area contributed by atoms with Gasteiger partial charge in [0.1, 0.15) is 5.69 Å². The molecule has 0 aliphatic carbocycles. The van der Waals surface area contributed by atoms with E-state index in [4.69, 9.17) is 0 Å². The van der Waals surface area contributed by atoms with Gasteiger partial charge in [-0.05, 0) is 30.4 Å². The Morgan fingerprint density at radius 2 is 1.79 bits per heavy atom. The number of likely N-dealkylation sites (tertiary alicyclic amines) is 1. The van der Waals surface area contributed by atoms with E-state index >= 15 is 0 Å². The van der Waals surface area contributed by atoms with E-state index in [0.29, 0.717) is 0 Å². The van der Waals surface area contributed by atoms with E-state index in [9.17, 15) is 31.1 Å². The van der Waals surface area contributed by atoms with Crippen molar-refractivity contribution in [1.29, 1.82) is 0 Å². The SMILES string of the molecule is O=C(CCC(F)(F)F)N1CCC(c2cccnc2C(F)(F)F)CC1. The molecular weight excluding hydrogens is 338 g/mol. The van der Waals surface area contributed by atoms with Crippen molar-refractivity contribution in [2.45, 2.75) is 44.0 Å². The number of piperidine rings is 1. The molecule has 3 nitrogen and oxygen atoms in total. The van der Waals surface area contributed by atoms with Crippen molar-refractivity contribution in [3.8, 4) is 0 Å². The first-order valence-electron chi connectivity index (χ1n) is 7.44. The molecule has 1 aliphatic rings. The summed E-state index contributed by atoms with van der Waals surface area (Å²) in [6, 6.07) is 2.78. The van der Waals surface area contributed by atoms with Crippen LogP contribution in [0.3, 0.4) is 0 Å². The molecule has 0 N–H and O–H groups in total. The lowest BCUT2D eigenvalue weighted by molar-refractivity contribution is -0.149. The number of pyridine rings is 1. The Hall–Kier alpha value is -1.80. The summed E-state index contributed by atoms with van der Waals surface area (Å²) in [6.45, 7) is 0.293. The minimum absolute atomic E-state index is 0.0763. The molecule has 2 heterocycles. The molecule has 1 amide bonds. The lowest BCUT2D eigenvalue weighted by Crippen LogP contribution is -2.38. The van der Waals surface area contributed by atoms with Crippen LogP contribution in [-0.2, 0) is 11.0 Å². The third-order valence-electron chi connectivity index (χ3n) is 4.02. The summed E-state index contributed by atoms with van der Waals surface area (Å²) in [5, 5.41) is 0. The molecule has 1 aromatic rings. The second-order valence-electron chi connectivity index (χ2n) is 5.71. The zero-order valence-electron chi connectivity index (χ0n) is 12.6. The molecule has 0 saturated carbocycles. The number of nitrogens with zero attached hydrogens (tertiary/aromatic N) is 2. The van der Waals surface area contributed by atoms with Crippen molar-refractivity contribution >= 4 is 5.91 Å². The summed E-state index contributed by atoms with van der Waals surface area (Å²) >= 11 is 0. The van der Waals surface area contributed by atoms with E-state index in [1.807, 2.05) is 0 Å². The number of aromatic nitrogens is 1. The summed E-state index contributed by atoms with van der Waals surface area (Å²) in [4.78, 5) is 16.4. The molecule has 0 atom stereocenters. The summed E-state index contributed by atoms with van der Waals surface area (Å²) < 4.78 is 75.4. The molecule has 24 heavy (non-hydrogen) atoms. The first-order valence-corrected chi connectivity index (χ1v) is 7.44. The molecule has 1 aromatic heterocycles. The summed E-state index contributed by atoms with van der Waals surface area (Å²) in [5.74, 6) is -1.03. The maximum Gasteiger partial charge on any atom is 0.433 e. The molecule has 9 heteroatoms. The smallest absolute Gasteiger partial charge is 0.343 e. The van der Waals surface area contributed by atoms with E-state index in [-0.39, 0.29) is 31.5 Å². The zero-order chi connectivity index (χ0) is 18.0. The molecular formula is C15H16F6N2O. The maximum absolute atomic E-state index is 13.0. The number of hydrogen-bond donors (Lipinski definition) is 0. The second-order valence-corrected chi connectivity index (χ2v) is 5.71. The summed E-state index contributed by atoms with van der Waals surface area (Å²) in [5.41, 5.74) is -0.862. The third kappa shape index (κ3) is 4.85. The molecule has 1 fully saturated rings. The van der Waals surface area contributed by atoms with Gasteiger partial charge in [0.2, 0.25) is 5.91 Å². The molecule has 0 aromatic carbocycles. The number of carbonyl (C=O) groups is 1. The van der Waals surface area contributed by atoms with Crippen LogP contribution in [0.2, 0.25) is 0 Å². The maximum atomic E-state index is 13.0. The molecule has 0 unspecified atom stereocenters. The van der Waals surface area contributed by atoms with Crippen LogP contribution in [0.5, 0.6) is 0 Å². The van der Waals surface area contributed by atoms with E-state index in [0.717, 1.165) is 6.20 Å². The van der Waals surface area contributed by atoms with Crippen LogP contribution in [0.15, 0.2) is 18.3 Å². The Morgan fingerprint density at radius 3 is 2.33 bits per heavy atom. The Kier molecular flexibility index (Phi) is 5.39. The van der Waals surface area contributed by atoms with Gasteiger partial charge in [-0.15, -0.1) is 0 Å². The first-order chi connectivity index (χ1) is 11.1. The van der Waals surface area contributed by atoms with Gasteiger partial charge in [-0.3, -0.25) is 9.78 Å². The number of alkyl halides is 6. The van der Waals surface area contributed by atoms with Crippen molar-refractivity contribution in [2.75, 3.05) is 13.1 Å². The Morgan fingerprint density at radius 1 is 1.17 bits per heavy atom. The highest BCUT2D eigenvalue weighted by molar-refractivity contribution is 5.76. The highest BCUT2D eigenvalue weighted by atomic mass is 19.4. The molecule has 0 bridgehead atoms. The summed E-state index contributed by atoms with van der Waals surface area (Å²) in [7, 11) is 0. The molecule has 134 valence electrons. The van der Waals surface area contributed by atoms with Crippen LogP contribution in [0.4, 0.5) is 26.3 Å². The highest BCUT2D eigenvalue weighted by Crippen LogP contribution is 2.37. The molecule has 0 spiro atoms. The quantitative estimate of drug-likeness (QED) is 0.764. The molecule has 2 rings (SSSR count). The standard InChI is InChI=1S/C15H16F6N2O/c16-14(17,18)6-3-12(24)23-8-4-10(5-9-23)11-2-1-7-22-13(11)15(19,20)21/h1-2,7,10H,3-6,8-9H2. The molecule has 0 radical (unpaired) electrons. The average molecular weight is 354 g/mol. The van der Waals surface area contributed by atoms with Crippen molar-refractivity contribution in [3.05, 3.63) is 29.6 Å². The van der Waals surface area contributed by atoms with Crippen LogP contribution in [0.25, 0.3) is 0 Å². The largest absolute Gasteiger partial charge is 0.433 e. The molecule has 1 saturated heterocycles. The summed E-state index contributed by atoms with van der Waals surface area (Å²) in [6.07, 6.45) is -9.16. The minimum atomic E-state index is -4.56. The molecule has 1 aliphatic heterocycles. The van der Waals surface area contributed by atoms with Gasteiger partial charge in [0.05, 0.1) is 6.42 Å². The van der Waals surface area contributed by atoms with Gasteiger partial charge in [-0.1, -0.05) is 6.07 Å². The lowest BCUT2D eigenvalue weighted by Gasteiger charge is -2.33. The van der Waals surface area contributed by atoms with Gasteiger partial charge < -0.3 is 4.90 Å². The fraction of sp³-hybridized carbons (Fsp3) is 0.600. The van der Waals surface area contributed by atoms with Gasteiger partial charge in [0, 0.05) is 25.7 Å². The van der Waals surface area contributed by atoms with Crippen LogP contribution < -0.4 is 0 Å². The van der Waals surface area contributed by atoms with E-state index in [2.05, 4.69) is 4.98 Å². The van der Waals surface area contributed by atoms with Gasteiger partial charge >= 0.3 is 12.4 Å². The monoisotopic (exact) mass is 354 g/mol. The minimum Gasteiger partial charge on any atom is -0.343 e. The first kappa shape index (κ1) is 18.5. The lowest BCUT2D eigenvalue weighted by atomic mass is 9.88. The number of carbonyl (C=O) groups excluding carboxylic acids is 1. The van der Waals surface area contributed by atoms with Gasteiger partial charge in [-0.2, -0.15) is 26.3 Å². The Balaban J connectivity index is 1.98. The van der Waals surface area contributed by atoms with Crippen LogP contribution in [0.1, 0.15) is 42.9 Å². The number of amides is 1. The Labute approximate surface area is 134 Å². The van der Waals surface area contributed by atoms with Crippen LogP contribution >= 0.6 is 0 Å². The fourth-order valence-electron chi connectivity index (χ4n) is 2.83. The van der Waals surface area contributed by atoms with Gasteiger partial charge in [-0.25, -0.2) is 0 Å². The van der Waals surface area contributed by atoms with E-state index < -0.39 is 42.7 Å². The highest BCUT2D eigenvalue weighted by Gasteiger charge is 2.38. The zero-order valence-corrected chi connectivity index (χ0v) is 12.6. The fourth-order valence-corrected chi connectivity index (χ4v) is 2.83. The van der Waals surface area contributed by atoms with E-state index in [1.165, 1.54) is 17.0 Å². The predicted octanol–water partition coefficient (Wildman–Crippen LogP) is 4.15. The van der Waals surface area contributed by atoms with Crippen LogP contribution in [-0.4, -0.2) is 35.1 Å². The topological polar surface area (TPSA) is 33.2 Å². The average Bonchev–Trinajstić information content (AvgIpc) is 2.51. The van der Waals surface area contributed by atoms with Crippen molar-refractivity contribution < 1.29 is 31.1 Å². The van der Waals surface area contributed by atoms with E-state index in [1.54, 1.807) is 0 Å². The Bertz CT molecular complexity index is 576. The van der Waals surface area contributed by atoms with Crippen molar-refractivity contribution in [3.63, 3.8) is 0 Å². The van der Waals surface area contributed by atoms with Crippen LogP contribution in [0, 0.1) is 0 Å². The van der Waals surface area contributed by atoms with Crippen molar-refractivity contribution in [2.24, 2.45) is 0 Å². The third-order valence-corrected chi connectivity index (χ3v) is 4.02. The van der Waals surface area contributed by atoms with Gasteiger partial charge in [0.25, 0.3) is 0 Å².